The number of hydrogen-bond acceptors (Lipinski definition) is 6. The van der Waals surface area contributed by atoms with Crippen molar-refractivity contribution in [3.8, 4) is 5.88 Å². The Morgan fingerprint density at radius 1 is 1.13 bits per heavy atom. The Kier molecular flexibility index (Phi) is 9.60. The van der Waals surface area contributed by atoms with Crippen molar-refractivity contribution in [2.24, 2.45) is 11.5 Å². The number of nitrogens with zero attached hydrogens (tertiary/aromatic N) is 1. The number of ether oxygens (including phenoxy) is 1. The molecule has 0 fully saturated rings. The summed E-state index contributed by atoms with van der Waals surface area (Å²) >= 11 is 0.803. The molecular weight excluding hydrogens is 428 g/mol. The quantitative estimate of drug-likeness (QED) is 0.364. The second-order valence-corrected chi connectivity index (χ2v) is 7.75. The van der Waals surface area contributed by atoms with Crippen molar-refractivity contribution in [3.05, 3.63) is 40.5 Å². The molecule has 2 rings (SSSR count). The van der Waals surface area contributed by atoms with Crippen molar-refractivity contribution in [1.82, 2.24) is 9.69 Å². The lowest BCUT2D eigenvalue weighted by atomic mass is 10.1. The van der Waals surface area contributed by atoms with Crippen molar-refractivity contribution < 1.29 is 23.1 Å². The zero-order valence-corrected chi connectivity index (χ0v) is 18.1. The van der Waals surface area contributed by atoms with Crippen LogP contribution in [-0.4, -0.2) is 29.4 Å². The summed E-state index contributed by atoms with van der Waals surface area (Å²) in [7, 11) is 0. The van der Waals surface area contributed by atoms with E-state index in [1.54, 1.807) is 0 Å². The number of anilines is 1. The molecular formula is C20H27F2N5O3S. The first kappa shape index (κ1) is 24.5. The number of benzene rings is 1. The molecule has 0 radical (unpaired) electrons. The van der Waals surface area contributed by atoms with Crippen LogP contribution in [0.1, 0.15) is 53.6 Å². The molecule has 0 aliphatic carbocycles. The van der Waals surface area contributed by atoms with Gasteiger partial charge in [0.15, 0.2) is 0 Å². The molecule has 0 saturated heterocycles. The Labute approximate surface area is 183 Å². The average molecular weight is 456 g/mol. The Hall–Kier alpha value is -2.79. The lowest BCUT2D eigenvalue weighted by molar-refractivity contribution is 0.0996. The summed E-state index contributed by atoms with van der Waals surface area (Å²) in [6.07, 6.45) is 4.89. The predicted molar refractivity (Wildman–Crippen MR) is 115 cm³/mol. The minimum atomic E-state index is -0.866. The van der Waals surface area contributed by atoms with E-state index in [0.29, 0.717) is 13.1 Å². The van der Waals surface area contributed by atoms with Crippen molar-refractivity contribution in [3.63, 3.8) is 0 Å². The maximum atomic E-state index is 14.0. The minimum absolute atomic E-state index is 0.0368. The molecule has 2 aromatic rings. The third-order valence-corrected chi connectivity index (χ3v) is 5.24. The van der Waals surface area contributed by atoms with E-state index >= 15 is 0 Å². The van der Waals surface area contributed by atoms with Crippen LogP contribution in [0.5, 0.6) is 5.88 Å². The molecule has 1 aromatic heterocycles. The number of primary amides is 1. The Morgan fingerprint density at radius 2 is 1.84 bits per heavy atom. The van der Waals surface area contributed by atoms with Crippen molar-refractivity contribution in [2.75, 3.05) is 18.4 Å². The fraction of sp³-hybridized carbons (Fsp3) is 0.450. The molecule has 6 N–H and O–H groups in total. The number of nitrogens with one attached hydrogen (secondary N) is 2. The van der Waals surface area contributed by atoms with Gasteiger partial charge in [-0.15, -0.1) is 0 Å². The topological polar surface area (TPSA) is 132 Å². The first-order valence-electron chi connectivity index (χ1n) is 9.95. The van der Waals surface area contributed by atoms with Gasteiger partial charge in [-0.3, -0.25) is 10.1 Å². The van der Waals surface area contributed by atoms with Crippen LogP contribution >= 0.6 is 11.5 Å². The smallest absolute Gasteiger partial charge is 0.319 e. The molecule has 0 atom stereocenters. The summed E-state index contributed by atoms with van der Waals surface area (Å²) in [6, 6.07) is 1.56. The van der Waals surface area contributed by atoms with E-state index in [-0.39, 0.29) is 34.2 Å². The first-order valence-corrected chi connectivity index (χ1v) is 10.7. The zero-order chi connectivity index (χ0) is 22.8. The minimum Gasteiger partial charge on any atom is -0.471 e. The number of amides is 3. The van der Waals surface area contributed by atoms with Crippen LogP contribution in [0.3, 0.4) is 0 Å². The standard InChI is InChI=1S/C20H27F2N5O3S/c1-12-9-15(22)13(10-14(12)21)11-30-18-16(17(24)28)19(31-27-18)26-20(29)25-8-6-4-2-3-5-7-23/h9-10H,2-8,11,23H2,1H3,(H2,24,28)(H2,25,26,29). The monoisotopic (exact) mass is 455 g/mol. The second kappa shape index (κ2) is 12.2. The average Bonchev–Trinajstić information content (AvgIpc) is 3.11. The third kappa shape index (κ3) is 7.44. The van der Waals surface area contributed by atoms with Gasteiger partial charge in [0.05, 0.1) is 0 Å². The van der Waals surface area contributed by atoms with Crippen LogP contribution in [-0.2, 0) is 6.61 Å². The molecule has 3 amide bonds. The maximum absolute atomic E-state index is 14.0. The highest BCUT2D eigenvalue weighted by molar-refractivity contribution is 7.11. The van der Waals surface area contributed by atoms with E-state index in [1.807, 2.05) is 0 Å². The molecule has 0 saturated carbocycles. The van der Waals surface area contributed by atoms with Gasteiger partial charge in [0, 0.05) is 12.1 Å². The molecule has 1 aromatic carbocycles. The Morgan fingerprint density at radius 3 is 2.55 bits per heavy atom. The second-order valence-electron chi connectivity index (χ2n) is 6.97. The number of carbonyl (C=O) groups is 2. The predicted octanol–water partition coefficient (Wildman–Crippen LogP) is 3.44. The molecule has 0 unspecified atom stereocenters. The van der Waals surface area contributed by atoms with Gasteiger partial charge >= 0.3 is 6.03 Å². The summed E-state index contributed by atoms with van der Waals surface area (Å²) in [5, 5.41) is 5.33. The van der Waals surface area contributed by atoms with Gasteiger partial charge in [0.1, 0.15) is 28.8 Å². The van der Waals surface area contributed by atoms with E-state index in [1.165, 1.54) is 6.92 Å². The van der Waals surface area contributed by atoms with Crippen LogP contribution in [0, 0.1) is 18.6 Å². The van der Waals surface area contributed by atoms with Gasteiger partial charge in [-0.2, -0.15) is 4.37 Å². The molecule has 0 aliphatic rings. The number of aryl methyl sites for hydroxylation is 1. The largest absolute Gasteiger partial charge is 0.471 e. The van der Waals surface area contributed by atoms with E-state index in [4.69, 9.17) is 16.2 Å². The maximum Gasteiger partial charge on any atom is 0.319 e. The molecule has 0 bridgehead atoms. The molecule has 11 heteroatoms. The summed E-state index contributed by atoms with van der Waals surface area (Å²) in [5.41, 5.74) is 10.8. The summed E-state index contributed by atoms with van der Waals surface area (Å²) < 4.78 is 37.0. The van der Waals surface area contributed by atoms with Crippen LogP contribution in [0.4, 0.5) is 18.6 Å². The number of halogens is 2. The summed E-state index contributed by atoms with van der Waals surface area (Å²) in [5.74, 6) is -2.25. The van der Waals surface area contributed by atoms with E-state index in [9.17, 15) is 18.4 Å². The van der Waals surface area contributed by atoms with Gasteiger partial charge in [-0.25, -0.2) is 13.6 Å². The number of rotatable bonds is 12. The lowest BCUT2D eigenvalue weighted by Gasteiger charge is -2.09. The number of nitrogens with two attached hydrogens (primary N) is 2. The highest BCUT2D eigenvalue weighted by Crippen LogP contribution is 2.31. The highest BCUT2D eigenvalue weighted by Gasteiger charge is 2.22. The molecule has 1 heterocycles. The number of aromatic nitrogens is 1. The van der Waals surface area contributed by atoms with Crippen molar-refractivity contribution >= 4 is 28.5 Å². The fourth-order valence-electron chi connectivity index (χ4n) is 2.77. The van der Waals surface area contributed by atoms with E-state index in [2.05, 4.69) is 15.0 Å². The van der Waals surface area contributed by atoms with Crippen molar-refractivity contribution in [2.45, 2.75) is 45.6 Å². The normalized spacial score (nSPS) is 10.7. The molecule has 8 nitrogen and oxygen atoms in total. The van der Waals surface area contributed by atoms with Crippen molar-refractivity contribution in [1.29, 1.82) is 0 Å². The van der Waals surface area contributed by atoms with Gasteiger partial charge in [0.25, 0.3) is 5.91 Å². The van der Waals surface area contributed by atoms with Gasteiger partial charge in [-0.05, 0) is 55.5 Å². The van der Waals surface area contributed by atoms with Crippen LogP contribution in [0.2, 0.25) is 0 Å². The summed E-state index contributed by atoms with van der Waals surface area (Å²) in [6.45, 7) is 2.24. The van der Waals surface area contributed by atoms with Gasteiger partial charge in [-0.1, -0.05) is 19.3 Å². The first-order chi connectivity index (χ1) is 14.8. The number of unbranched alkanes of at least 4 members (excludes halogenated alkanes) is 4. The molecule has 170 valence electrons. The summed E-state index contributed by atoms with van der Waals surface area (Å²) in [4.78, 5) is 23.9. The Bertz CT molecular complexity index is 907. The van der Waals surface area contributed by atoms with Crippen LogP contribution in [0.25, 0.3) is 0 Å². The number of urea groups is 1. The lowest BCUT2D eigenvalue weighted by Crippen LogP contribution is -2.30. The molecule has 0 aliphatic heterocycles. The van der Waals surface area contributed by atoms with Gasteiger partial charge < -0.3 is 21.5 Å². The van der Waals surface area contributed by atoms with Gasteiger partial charge in [0.2, 0.25) is 5.88 Å². The zero-order valence-electron chi connectivity index (χ0n) is 17.3. The SMILES string of the molecule is Cc1cc(F)c(COc2nsc(NC(=O)NCCCCCCCN)c2C(N)=O)cc1F. The third-order valence-electron chi connectivity index (χ3n) is 4.49. The Balaban J connectivity index is 1.92. The number of carbonyl (C=O) groups excluding carboxylic acids is 2. The highest BCUT2D eigenvalue weighted by atomic mass is 32.1. The molecule has 31 heavy (non-hydrogen) atoms. The fourth-order valence-corrected chi connectivity index (χ4v) is 3.51. The van der Waals surface area contributed by atoms with Crippen LogP contribution < -0.4 is 26.8 Å². The molecule has 0 spiro atoms. The van der Waals surface area contributed by atoms with E-state index in [0.717, 1.165) is 55.8 Å². The van der Waals surface area contributed by atoms with Crippen LogP contribution in [0.15, 0.2) is 12.1 Å². The number of hydrogen-bond donors (Lipinski definition) is 4. The van der Waals surface area contributed by atoms with E-state index < -0.39 is 23.6 Å².